The van der Waals surface area contributed by atoms with E-state index in [2.05, 4.69) is 41.2 Å². The molecule has 1 aromatic carbocycles. The normalized spacial score (nSPS) is 13.1. The fourth-order valence-corrected chi connectivity index (χ4v) is 5.14. The van der Waals surface area contributed by atoms with Gasteiger partial charge < -0.3 is 15.0 Å². The van der Waals surface area contributed by atoms with E-state index in [4.69, 9.17) is 4.98 Å². The number of amides is 1. The third kappa shape index (κ3) is 5.52. The molecule has 0 bridgehead atoms. The minimum atomic E-state index is -1.07. The van der Waals surface area contributed by atoms with E-state index < -0.39 is 17.4 Å². The van der Waals surface area contributed by atoms with Crippen LogP contribution in [-0.2, 0) is 11.2 Å². The summed E-state index contributed by atoms with van der Waals surface area (Å²) in [6.45, 7) is 11.8. The minimum Gasteiger partial charge on any atom is -0.481 e. The van der Waals surface area contributed by atoms with Crippen LogP contribution >= 0.6 is 11.3 Å². The average Bonchev–Trinajstić information content (AvgIpc) is 3.41. The number of imidazole rings is 1. The highest BCUT2D eigenvalue weighted by Gasteiger charge is 2.38. The van der Waals surface area contributed by atoms with Crippen molar-refractivity contribution in [1.29, 1.82) is 0 Å². The second-order valence-corrected chi connectivity index (χ2v) is 11.0. The number of benzene rings is 1. The Morgan fingerprint density at radius 3 is 2.44 bits per heavy atom. The van der Waals surface area contributed by atoms with Gasteiger partial charge in [-0.05, 0) is 68.7 Å². The zero-order valence-electron chi connectivity index (χ0n) is 21.1. The third-order valence-corrected chi connectivity index (χ3v) is 7.56. The molecule has 0 aliphatic carbocycles. The van der Waals surface area contributed by atoms with Crippen LogP contribution in [-0.4, -0.2) is 32.6 Å². The summed E-state index contributed by atoms with van der Waals surface area (Å²) >= 11 is 1.72. The summed E-state index contributed by atoms with van der Waals surface area (Å²) in [4.78, 5) is 31.3. The van der Waals surface area contributed by atoms with E-state index in [0.717, 1.165) is 36.1 Å². The molecule has 184 valence electrons. The molecular formula is C27H37N3O3S. The van der Waals surface area contributed by atoms with Crippen LogP contribution < -0.4 is 5.32 Å². The third-order valence-electron chi connectivity index (χ3n) is 6.68. The number of carboxylic acid groups (broad SMARTS) is 1. The second kappa shape index (κ2) is 10.7. The molecule has 0 spiro atoms. The Labute approximate surface area is 206 Å². The smallest absolute Gasteiger partial charge is 0.311 e. The van der Waals surface area contributed by atoms with Gasteiger partial charge in [-0.3, -0.25) is 9.59 Å². The van der Waals surface area contributed by atoms with Crippen LogP contribution in [0, 0.1) is 11.3 Å². The number of aliphatic carboxylic acids is 1. The zero-order valence-corrected chi connectivity index (χ0v) is 21.9. The summed E-state index contributed by atoms with van der Waals surface area (Å²) in [6.07, 6.45) is 3.35. The molecule has 0 unspecified atom stereocenters. The Hall–Kier alpha value is -2.67. The van der Waals surface area contributed by atoms with Crippen molar-refractivity contribution in [3.8, 4) is 0 Å². The molecule has 0 aliphatic rings. The molecule has 34 heavy (non-hydrogen) atoms. The van der Waals surface area contributed by atoms with Crippen LogP contribution in [0.25, 0.3) is 11.0 Å². The topological polar surface area (TPSA) is 84.2 Å². The quantitative estimate of drug-likeness (QED) is 0.335. The Morgan fingerprint density at radius 2 is 1.88 bits per heavy atom. The number of carboxylic acids is 1. The van der Waals surface area contributed by atoms with Crippen LogP contribution in [0.4, 0.5) is 0 Å². The molecule has 0 saturated heterocycles. The van der Waals surface area contributed by atoms with Crippen molar-refractivity contribution in [3.05, 3.63) is 52.0 Å². The molecule has 2 N–H and O–H groups in total. The predicted molar refractivity (Wildman–Crippen MR) is 139 cm³/mol. The number of nitrogens with zero attached hydrogens (tertiary/aromatic N) is 2. The van der Waals surface area contributed by atoms with Gasteiger partial charge in [-0.15, -0.1) is 11.3 Å². The lowest BCUT2D eigenvalue weighted by Gasteiger charge is -2.32. The number of fused-ring (bicyclic) bond motifs is 1. The maximum absolute atomic E-state index is 13.2. The molecule has 0 fully saturated rings. The average molecular weight is 484 g/mol. The number of thiophene rings is 1. The number of carbonyl (C=O) groups is 2. The SMILES string of the molecule is CCC(CC)n1c(Cc2cccs2)nc2cc(C(=O)N[C@H](CC(C)C)C(C)(C)C(=O)O)ccc21. The Morgan fingerprint density at radius 1 is 1.18 bits per heavy atom. The van der Waals surface area contributed by atoms with Gasteiger partial charge in [0.15, 0.2) is 0 Å². The van der Waals surface area contributed by atoms with E-state index in [-0.39, 0.29) is 11.8 Å². The molecule has 3 aromatic rings. The molecule has 1 amide bonds. The Kier molecular flexibility index (Phi) is 8.18. The summed E-state index contributed by atoms with van der Waals surface area (Å²) in [5.74, 6) is 0.0742. The summed E-state index contributed by atoms with van der Waals surface area (Å²) < 4.78 is 2.33. The van der Waals surface area contributed by atoms with Crippen molar-refractivity contribution in [2.75, 3.05) is 0 Å². The monoisotopic (exact) mass is 483 g/mol. The summed E-state index contributed by atoms with van der Waals surface area (Å²) in [6, 6.07) is 9.68. The van der Waals surface area contributed by atoms with Gasteiger partial charge in [-0.1, -0.05) is 33.8 Å². The fourth-order valence-electron chi connectivity index (χ4n) is 4.44. The maximum atomic E-state index is 13.2. The molecular weight excluding hydrogens is 446 g/mol. The Bertz CT molecular complexity index is 1130. The number of rotatable bonds is 11. The molecule has 0 saturated carbocycles. The first kappa shape index (κ1) is 25.9. The first-order chi connectivity index (χ1) is 16.1. The van der Waals surface area contributed by atoms with Crippen LogP contribution in [0.1, 0.15) is 87.9 Å². The number of hydrogen-bond acceptors (Lipinski definition) is 4. The van der Waals surface area contributed by atoms with E-state index in [9.17, 15) is 14.7 Å². The molecule has 2 heterocycles. The van der Waals surface area contributed by atoms with Crippen molar-refractivity contribution >= 4 is 34.2 Å². The predicted octanol–water partition coefficient (Wildman–Crippen LogP) is 6.31. The molecule has 1 atom stereocenters. The summed E-state index contributed by atoms with van der Waals surface area (Å²) in [5, 5.41) is 14.8. The van der Waals surface area contributed by atoms with Crippen molar-refractivity contribution < 1.29 is 14.7 Å². The van der Waals surface area contributed by atoms with E-state index in [1.165, 1.54) is 4.88 Å². The first-order valence-electron chi connectivity index (χ1n) is 12.2. The lowest BCUT2D eigenvalue weighted by molar-refractivity contribution is -0.148. The summed E-state index contributed by atoms with van der Waals surface area (Å²) in [5.41, 5.74) is 1.25. The second-order valence-electron chi connectivity index (χ2n) is 10.0. The fraction of sp³-hybridized carbons (Fsp3) is 0.519. The molecule has 6 nitrogen and oxygen atoms in total. The van der Waals surface area contributed by atoms with E-state index in [1.54, 1.807) is 25.2 Å². The van der Waals surface area contributed by atoms with Gasteiger partial charge in [-0.2, -0.15) is 0 Å². The zero-order chi connectivity index (χ0) is 25.0. The highest BCUT2D eigenvalue weighted by molar-refractivity contribution is 7.09. The van der Waals surface area contributed by atoms with Crippen molar-refractivity contribution in [1.82, 2.24) is 14.9 Å². The molecule has 0 aliphatic heterocycles. The number of hydrogen-bond donors (Lipinski definition) is 2. The minimum absolute atomic E-state index is 0.252. The van der Waals surface area contributed by atoms with Gasteiger partial charge in [0.1, 0.15) is 5.82 Å². The number of carbonyl (C=O) groups excluding carboxylic acids is 1. The molecule has 3 rings (SSSR count). The van der Waals surface area contributed by atoms with Gasteiger partial charge >= 0.3 is 5.97 Å². The van der Waals surface area contributed by atoms with Gasteiger partial charge in [0.05, 0.1) is 16.4 Å². The van der Waals surface area contributed by atoms with Crippen molar-refractivity contribution in [2.45, 2.75) is 79.3 Å². The summed E-state index contributed by atoms with van der Waals surface area (Å²) in [7, 11) is 0. The lowest BCUT2D eigenvalue weighted by atomic mass is 9.80. The van der Waals surface area contributed by atoms with Gasteiger partial charge in [0.2, 0.25) is 0 Å². The van der Waals surface area contributed by atoms with Gasteiger partial charge in [0, 0.05) is 28.9 Å². The molecule has 0 radical (unpaired) electrons. The number of aromatic nitrogens is 2. The largest absolute Gasteiger partial charge is 0.481 e. The van der Waals surface area contributed by atoms with E-state index in [1.807, 2.05) is 32.0 Å². The van der Waals surface area contributed by atoms with Gasteiger partial charge in [0.25, 0.3) is 5.91 Å². The standard InChI is InChI=1S/C27H37N3O3S/c1-7-19(8-2)30-22-12-11-18(15-21(22)28-24(30)16-20-10-9-13-34-20)25(31)29-23(14-17(3)4)27(5,6)26(32)33/h9-13,15,17,19,23H,7-8,14,16H2,1-6H3,(H,29,31)(H,32,33)/t23-/m1/s1. The van der Waals surface area contributed by atoms with Crippen molar-refractivity contribution in [2.24, 2.45) is 11.3 Å². The van der Waals surface area contributed by atoms with Gasteiger partial charge in [-0.25, -0.2) is 4.98 Å². The first-order valence-corrected chi connectivity index (χ1v) is 13.0. The molecule has 7 heteroatoms. The maximum Gasteiger partial charge on any atom is 0.311 e. The Balaban J connectivity index is 1.97. The van der Waals surface area contributed by atoms with Crippen molar-refractivity contribution in [3.63, 3.8) is 0 Å². The van der Waals surface area contributed by atoms with Crippen LogP contribution in [0.2, 0.25) is 0 Å². The lowest BCUT2D eigenvalue weighted by Crippen LogP contribution is -2.49. The van der Waals surface area contributed by atoms with Crippen LogP contribution in [0.3, 0.4) is 0 Å². The van der Waals surface area contributed by atoms with E-state index in [0.29, 0.717) is 18.0 Å². The van der Waals surface area contributed by atoms with E-state index >= 15 is 0 Å². The highest BCUT2D eigenvalue weighted by atomic mass is 32.1. The van der Waals surface area contributed by atoms with Crippen LogP contribution in [0.15, 0.2) is 35.7 Å². The number of nitrogens with one attached hydrogen (secondary N) is 1. The van der Waals surface area contributed by atoms with Crippen LogP contribution in [0.5, 0.6) is 0 Å². The highest BCUT2D eigenvalue weighted by Crippen LogP contribution is 2.30. The molecule has 2 aromatic heterocycles.